The van der Waals surface area contributed by atoms with Crippen molar-refractivity contribution in [1.82, 2.24) is 5.32 Å². The van der Waals surface area contributed by atoms with E-state index in [4.69, 9.17) is 5.73 Å². The molecule has 0 bridgehead atoms. The van der Waals surface area contributed by atoms with Crippen molar-refractivity contribution in [2.24, 2.45) is 5.73 Å². The number of nitrogens with two attached hydrogens (primary N) is 1. The maximum Gasteiger partial charge on any atom is 0.224 e. The summed E-state index contributed by atoms with van der Waals surface area (Å²) >= 11 is 1.84. The summed E-state index contributed by atoms with van der Waals surface area (Å²) in [6.45, 7) is 1.25. The topological polar surface area (TPSA) is 55.1 Å². The van der Waals surface area contributed by atoms with Gasteiger partial charge in [0.05, 0.1) is 6.42 Å². The third-order valence-electron chi connectivity index (χ3n) is 2.79. The highest BCUT2D eigenvalue weighted by Crippen LogP contribution is 2.08. The number of hydrogen-bond donors (Lipinski definition) is 2. The summed E-state index contributed by atoms with van der Waals surface area (Å²) in [5, 5.41) is 2.95. The fourth-order valence-corrected chi connectivity index (χ4v) is 2.26. The lowest BCUT2D eigenvalue weighted by Gasteiger charge is -2.08. The number of benzene rings is 1. The van der Waals surface area contributed by atoms with Gasteiger partial charge in [0, 0.05) is 13.1 Å². The van der Waals surface area contributed by atoms with Crippen molar-refractivity contribution in [3.8, 4) is 0 Å². The van der Waals surface area contributed by atoms with E-state index in [9.17, 15) is 4.79 Å². The first-order chi connectivity index (χ1) is 8.77. The average Bonchev–Trinajstić information content (AvgIpc) is 2.39. The number of carbonyl (C=O) groups is 1. The van der Waals surface area contributed by atoms with Crippen LogP contribution in [0, 0.1) is 0 Å². The van der Waals surface area contributed by atoms with Gasteiger partial charge in [-0.15, -0.1) is 0 Å². The fourth-order valence-electron chi connectivity index (χ4n) is 1.76. The van der Waals surface area contributed by atoms with Crippen molar-refractivity contribution in [2.75, 3.05) is 18.6 Å². The normalized spacial score (nSPS) is 10.3. The van der Waals surface area contributed by atoms with Crippen LogP contribution in [0.4, 0.5) is 0 Å². The van der Waals surface area contributed by atoms with Gasteiger partial charge in [-0.05, 0) is 36.0 Å². The van der Waals surface area contributed by atoms with Gasteiger partial charge in [-0.1, -0.05) is 24.3 Å². The Kier molecular flexibility index (Phi) is 7.53. The first kappa shape index (κ1) is 15.1. The number of amides is 1. The molecule has 18 heavy (non-hydrogen) atoms. The molecule has 4 heteroatoms. The van der Waals surface area contributed by atoms with Crippen LogP contribution < -0.4 is 11.1 Å². The molecule has 0 heterocycles. The summed E-state index contributed by atoms with van der Waals surface area (Å²) in [6.07, 6.45) is 4.73. The monoisotopic (exact) mass is 266 g/mol. The molecule has 3 nitrogen and oxygen atoms in total. The van der Waals surface area contributed by atoms with Gasteiger partial charge in [0.25, 0.3) is 0 Å². The Morgan fingerprint density at radius 2 is 2.00 bits per heavy atom. The Bertz CT molecular complexity index is 369. The minimum atomic E-state index is 0.0834. The Morgan fingerprint density at radius 1 is 1.28 bits per heavy atom. The summed E-state index contributed by atoms with van der Waals surface area (Å²) < 4.78 is 0. The molecular formula is C14H22N2OS. The molecule has 1 amide bonds. The molecule has 3 N–H and O–H groups in total. The number of rotatable bonds is 8. The molecule has 0 spiro atoms. The molecular weight excluding hydrogens is 244 g/mol. The van der Waals surface area contributed by atoms with Crippen LogP contribution in [0.25, 0.3) is 0 Å². The molecule has 0 aliphatic heterocycles. The second-order valence-corrected chi connectivity index (χ2v) is 5.19. The average molecular weight is 266 g/mol. The molecule has 0 unspecified atom stereocenters. The van der Waals surface area contributed by atoms with Crippen LogP contribution >= 0.6 is 11.8 Å². The van der Waals surface area contributed by atoms with Gasteiger partial charge in [-0.25, -0.2) is 0 Å². The summed E-state index contributed by atoms with van der Waals surface area (Å²) in [7, 11) is 0. The number of unbranched alkanes of at least 4 members (excludes halogenated alkanes) is 1. The molecule has 1 aromatic rings. The smallest absolute Gasteiger partial charge is 0.224 e. The zero-order chi connectivity index (χ0) is 13.2. The molecule has 0 atom stereocenters. The van der Waals surface area contributed by atoms with Gasteiger partial charge in [-0.3, -0.25) is 4.79 Å². The highest BCUT2D eigenvalue weighted by molar-refractivity contribution is 7.98. The van der Waals surface area contributed by atoms with E-state index in [1.165, 1.54) is 0 Å². The zero-order valence-corrected chi connectivity index (χ0v) is 11.8. The van der Waals surface area contributed by atoms with E-state index in [0.29, 0.717) is 13.0 Å². The molecule has 0 aliphatic carbocycles. The van der Waals surface area contributed by atoms with Crippen LogP contribution in [0.2, 0.25) is 0 Å². The van der Waals surface area contributed by atoms with Crippen LogP contribution in [-0.4, -0.2) is 24.5 Å². The number of carbonyl (C=O) groups excluding carboxylic acids is 1. The quantitative estimate of drug-likeness (QED) is 0.707. The third kappa shape index (κ3) is 5.56. The zero-order valence-electron chi connectivity index (χ0n) is 10.9. The van der Waals surface area contributed by atoms with Gasteiger partial charge < -0.3 is 11.1 Å². The second kappa shape index (κ2) is 9.00. The first-order valence-electron chi connectivity index (χ1n) is 6.30. The highest BCUT2D eigenvalue weighted by Gasteiger charge is 2.05. The van der Waals surface area contributed by atoms with Gasteiger partial charge in [-0.2, -0.15) is 11.8 Å². The Hall–Kier alpha value is -1.00. The lowest BCUT2D eigenvalue weighted by atomic mass is 10.0. The van der Waals surface area contributed by atoms with Crippen molar-refractivity contribution in [3.05, 3.63) is 35.4 Å². The lowest BCUT2D eigenvalue weighted by molar-refractivity contribution is -0.120. The van der Waals surface area contributed by atoms with Crippen molar-refractivity contribution in [3.63, 3.8) is 0 Å². The Balaban J connectivity index is 2.31. The SMILES string of the molecule is CSCCCCNC(=O)Cc1ccccc1CN. The fraction of sp³-hybridized carbons (Fsp3) is 0.500. The van der Waals surface area contributed by atoms with Crippen molar-refractivity contribution in [1.29, 1.82) is 0 Å². The van der Waals surface area contributed by atoms with Crippen molar-refractivity contribution in [2.45, 2.75) is 25.8 Å². The minimum Gasteiger partial charge on any atom is -0.356 e. The van der Waals surface area contributed by atoms with E-state index >= 15 is 0 Å². The first-order valence-corrected chi connectivity index (χ1v) is 7.69. The summed E-state index contributed by atoms with van der Waals surface area (Å²) in [6, 6.07) is 7.84. The summed E-state index contributed by atoms with van der Waals surface area (Å²) in [4.78, 5) is 11.8. The molecule has 0 aliphatic rings. The van der Waals surface area contributed by atoms with Gasteiger partial charge in [0.2, 0.25) is 5.91 Å². The van der Waals surface area contributed by atoms with Crippen LogP contribution in [0.5, 0.6) is 0 Å². The van der Waals surface area contributed by atoms with E-state index in [2.05, 4.69) is 11.6 Å². The molecule has 0 aromatic heterocycles. The van der Waals surface area contributed by atoms with Crippen LogP contribution in [0.3, 0.4) is 0 Å². The highest BCUT2D eigenvalue weighted by atomic mass is 32.2. The third-order valence-corrected chi connectivity index (χ3v) is 3.48. The van der Waals surface area contributed by atoms with E-state index in [1.54, 1.807) is 0 Å². The Morgan fingerprint density at radius 3 is 2.67 bits per heavy atom. The molecule has 0 saturated carbocycles. The predicted octanol–water partition coefficient (Wildman–Crippen LogP) is 1.95. The molecule has 0 fully saturated rings. The van der Waals surface area contributed by atoms with Crippen molar-refractivity contribution < 1.29 is 4.79 Å². The second-order valence-electron chi connectivity index (χ2n) is 4.20. The largest absolute Gasteiger partial charge is 0.356 e. The van der Waals surface area contributed by atoms with Crippen LogP contribution in [-0.2, 0) is 17.8 Å². The number of hydrogen-bond acceptors (Lipinski definition) is 3. The molecule has 100 valence electrons. The van der Waals surface area contributed by atoms with Crippen LogP contribution in [0.1, 0.15) is 24.0 Å². The predicted molar refractivity (Wildman–Crippen MR) is 78.7 cm³/mol. The maximum atomic E-state index is 11.8. The summed E-state index contributed by atoms with van der Waals surface area (Å²) in [5.74, 6) is 1.24. The molecule has 0 saturated heterocycles. The minimum absolute atomic E-state index is 0.0834. The standard InChI is InChI=1S/C14H22N2OS/c1-18-9-5-4-8-16-14(17)10-12-6-2-3-7-13(12)11-15/h2-3,6-7H,4-5,8-11,15H2,1H3,(H,16,17). The van der Waals surface area contributed by atoms with Gasteiger partial charge in [0.15, 0.2) is 0 Å². The Labute approximate surface area is 114 Å². The summed E-state index contributed by atoms with van der Waals surface area (Å²) in [5.41, 5.74) is 7.73. The van der Waals surface area contributed by atoms with Gasteiger partial charge in [0.1, 0.15) is 0 Å². The van der Waals surface area contributed by atoms with E-state index in [-0.39, 0.29) is 5.91 Å². The molecule has 0 radical (unpaired) electrons. The van der Waals surface area contributed by atoms with Gasteiger partial charge >= 0.3 is 0 Å². The van der Waals surface area contributed by atoms with E-state index in [1.807, 2.05) is 36.0 Å². The van der Waals surface area contributed by atoms with E-state index < -0.39 is 0 Å². The lowest BCUT2D eigenvalue weighted by Crippen LogP contribution is -2.26. The molecule has 1 aromatic carbocycles. The maximum absolute atomic E-state index is 11.8. The van der Waals surface area contributed by atoms with E-state index in [0.717, 1.165) is 36.3 Å². The van der Waals surface area contributed by atoms with Crippen molar-refractivity contribution >= 4 is 17.7 Å². The van der Waals surface area contributed by atoms with Crippen LogP contribution in [0.15, 0.2) is 24.3 Å². The number of nitrogens with one attached hydrogen (secondary N) is 1. The molecule has 1 rings (SSSR count). The number of thioether (sulfide) groups is 1.